The summed E-state index contributed by atoms with van der Waals surface area (Å²) in [6, 6.07) is 1.99. The maximum atomic E-state index is 12.8. The van der Waals surface area contributed by atoms with Gasteiger partial charge in [0, 0.05) is 23.8 Å². The van der Waals surface area contributed by atoms with E-state index < -0.39 is 6.67 Å². The molecule has 6 heteroatoms. The lowest BCUT2D eigenvalue weighted by molar-refractivity contribution is -0.122. The smallest absolute Gasteiger partial charge is 0.265 e. The number of pyridine rings is 1. The van der Waals surface area contributed by atoms with E-state index in [0.717, 1.165) is 25.7 Å². The molecule has 0 spiro atoms. The second-order valence-electron chi connectivity index (χ2n) is 5.42. The zero-order chi connectivity index (χ0) is 14.1. The molecular formula is C14H18FN3O2. The Morgan fingerprint density at radius 1 is 1.40 bits per heavy atom. The van der Waals surface area contributed by atoms with Gasteiger partial charge >= 0.3 is 0 Å². The lowest BCUT2D eigenvalue weighted by Crippen LogP contribution is -2.48. The second-order valence-corrected chi connectivity index (χ2v) is 5.42. The van der Waals surface area contributed by atoms with Crippen molar-refractivity contribution in [3.8, 4) is 5.88 Å². The van der Waals surface area contributed by atoms with Gasteiger partial charge in [-0.25, -0.2) is 9.37 Å². The van der Waals surface area contributed by atoms with Crippen molar-refractivity contribution >= 4 is 11.6 Å². The molecule has 0 atom stereocenters. The number of ether oxygens (including phenoxy) is 1. The number of hydrogen-bond donors (Lipinski definition) is 1. The van der Waals surface area contributed by atoms with Gasteiger partial charge in [0.2, 0.25) is 5.88 Å². The fourth-order valence-electron chi connectivity index (χ4n) is 2.93. The van der Waals surface area contributed by atoms with E-state index in [0.29, 0.717) is 17.1 Å². The largest absolute Gasteiger partial charge is 0.466 e. The minimum atomic E-state index is -0.599. The molecule has 2 heterocycles. The molecule has 0 aromatic carbocycles. The number of fused-ring (bicyclic) bond motifs is 1. The molecule has 3 rings (SSSR count). The zero-order valence-electron chi connectivity index (χ0n) is 11.2. The van der Waals surface area contributed by atoms with Crippen LogP contribution in [0.5, 0.6) is 5.88 Å². The molecule has 1 aliphatic carbocycles. The molecule has 0 bridgehead atoms. The Bertz CT molecular complexity index is 515. The van der Waals surface area contributed by atoms with Crippen LogP contribution in [-0.2, 0) is 11.5 Å². The molecule has 1 aromatic heterocycles. The minimum absolute atomic E-state index is 0.00246. The number of carbonyl (C=O) groups is 1. The van der Waals surface area contributed by atoms with Crippen LogP contribution in [0.1, 0.15) is 31.2 Å². The average Bonchev–Trinajstić information content (AvgIpc) is 2.48. The summed E-state index contributed by atoms with van der Waals surface area (Å²) in [5.74, 6) is 0.326. The molecular weight excluding hydrogens is 261 g/mol. The summed E-state index contributed by atoms with van der Waals surface area (Å²) in [5, 5.41) is 0. The van der Waals surface area contributed by atoms with E-state index in [1.54, 1.807) is 11.0 Å². The van der Waals surface area contributed by atoms with Crippen molar-refractivity contribution in [3.63, 3.8) is 0 Å². The van der Waals surface area contributed by atoms with Crippen LogP contribution in [0.15, 0.2) is 12.3 Å². The lowest BCUT2D eigenvalue weighted by Gasteiger charge is -2.38. The van der Waals surface area contributed by atoms with Crippen molar-refractivity contribution in [3.05, 3.63) is 17.8 Å². The first-order valence-corrected chi connectivity index (χ1v) is 6.94. The van der Waals surface area contributed by atoms with Crippen LogP contribution in [0.2, 0.25) is 0 Å². The normalized spacial score (nSPS) is 26.1. The minimum Gasteiger partial charge on any atom is -0.466 e. The van der Waals surface area contributed by atoms with E-state index in [-0.39, 0.29) is 24.6 Å². The summed E-state index contributed by atoms with van der Waals surface area (Å²) in [6.07, 6.45) is 4.99. The van der Waals surface area contributed by atoms with E-state index in [2.05, 4.69) is 4.98 Å². The molecule has 1 aliphatic heterocycles. The highest BCUT2D eigenvalue weighted by atomic mass is 19.1. The SMILES string of the molecule is NC1CCC(N2C(=O)COc3ncc(CF)cc32)CC1. The van der Waals surface area contributed by atoms with Gasteiger partial charge in [-0.05, 0) is 31.7 Å². The molecule has 1 fully saturated rings. The van der Waals surface area contributed by atoms with Crippen molar-refractivity contribution in [2.75, 3.05) is 11.5 Å². The number of carbonyl (C=O) groups excluding carboxylic acids is 1. The number of nitrogens with zero attached hydrogens (tertiary/aromatic N) is 2. The van der Waals surface area contributed by atoms with E-state index in [4.69, 9.17) is 10.5 Å². The van der Waals surface area contributed by atoms with Gasteiger partial charge in [-0.3, -0.25) is 4.79 Å². The van der Waals surface area contributed by atoms with Gasteiger partial charge in [0.15, 0.2) is 6.61 Å². The quantitative estimate of drug-likeness (QED) is 0.891. The number of alkyl halides is 1. The van der Waals surface area contributed by atoms with Gasteiger partial charge in [-0.15, -0.1) is 0 Å². The van der Waals surface area contributed by atoms with Crippen LogP contribution in [0.3, 0.4) is 0 Å². The monoisotopic (exact) mass is 279 g/mol. The summed E-state index contributed by atoms with van der Waals surface area (Å²) in [5.41, 5.74) is 6.96. The van der Waals surface area contributed by atoms with Gasteiger partial charge in [0.05, 0.1) is 0 Å². The van der Waals surface area contributed by atoms with E-state index in [1.165, 1.54) is 6.20 Å². The van der Waals surface area contributed by atoms with Gasteiger partial charge < -0.3 is 15.4 Å². The number of rotatable bonds is 2. The van der Waals surface area contributed by atoms with Gasteiger partial charge in [0.1, 0.15) is 12.4 Å². The predicted octanol–water partition coefficient (Wildman–Crippen LogP) is 1.55. The van der Waals surface area contributed by atoms with Crippen molar-refractivity contribution in [1.29, 1.82) is 0 Å². The average molecular weight is 279 g/mol. The Kier molecular flexibility index (Phi) is 3.56. The van der Waals surface area contributed by atoms with E-state index in [1.807, 2.05) is 0 Å². The van der Waals surface area contributed by atoms with Crippen molar-refractivity contribution in [2.45, 2.75) is 44.4 Å². The molecule has 5 nitrogen and oxygen atoms in total. The Morgan fingerprint density at radius 2 is 2.15 bits per heavy atom. The number of amides is 1. The first-order chi connectivity index (χ1) is 9.69. The zero-order valence-corrected chi connectivity index (χ0v) is 11.2. The highest BCUT2D eigenvalue weighted by Gasteiger charge is 2.34. The van der Waals surface area contributed by atoms with Crippen LogP contribution in [-0.4, -0.2) is 29.6 Å². The van der Waals surface area contributed by atoms with Crippen LogP contribution in [0, 0.1) is 0 Å². The van der Waals surface area contributed by atoms with Gasteiger partial charge in [-0.2, -0.15) is 0 Å². The third-order valence-electron chi connectivity index (χ3n) is 4.01. The van der Waals surface area contributed by atoms with Gasteiger partial charge in [0.25, 0.3) is 5.91 Å². The summed E-state index contributed by atoms with van der Waals surface area (Å²) >= 11 is 0. The Hall–Kier alpha value is -1.69. The predicted molar refractivity (Wildman–Crippen MR) is 72.3 cm³/mol. The maximum Gasteiger partial charge on any atom is 0.265 e. The standard InChI is InChI=1S/C14H18FN3O2/c15-6-9-5-12-14(17-7-9)20-8-13(19)18(12)11-3-1-10(16)2-4-11/h5,7,10-11H,1-4,6,8,16H2. The molecule has 0 unspecified atom stereocenters. The highest BCUT2D eigenvalue weighted by Crippen LogP contribution is 2.35. The topological polar surface area (TPSA) is 68.5 Å². The second kappa shape index (κ2) is 5.36. The molecule has 2 aliphatic rings. The molecule has 2 N–H and O–H groups in total. The lowest BCUT2D eigenvalue weighted by atomic mass is 9.90. The summed E-state index contributed by atoms with van der Waals surface area (Å²) in [7, 11) is 0. The fourth-order valence-corrected chi connectivity index (χ4v) is 2.93. The molecule has 108 valence electrons. The summed E-state index contributed by atoms with van der Waals surface area (Å²) < 4.78 is 18.1. The third-order valence-corrected chi connectivity index (χ3v) is 4.01. The highest BCUT2D eigenvalue weighted by molar-refractivity contribution is 5.98. The van der Waals surface area contributed by atoms with Crippen molar-refractivity contribution in [2.24, 2.45) is 5.73 Å². The van der Waals surface area contributed by atoms with Crippen LogP contribution in [0.25, 0.3) is 0 Å². The van der Waals surface area contributed by atoms with Crippen molar-refractivity contribution in [1.82, 2.24) is 4.98 Å². The number of anilines is 1. The van der Waals surface area contributed by atoms with E-state index in [9.17, 15) is 9.18 Å². The van der Waals surface area contributed by atoms with Crippen LogP contribution >= 0.6 is 0 Å². The molecule has 20 heavy (non-hydrogen) atoms. The third kappa shape index (κ3) is 2.35. The number of nitrogens with two attached hydrogens (primary N) is 1. The van der Waals surface area contributed by atoms with Crippen LogP contribution in [0.4, 0.5) is 10.1 Å². The van der Waals surface area contributed by atoms with Gasteiger partial charge in [-0.1, -0.05) is 0 Å². The molecule has 1 aromatic rings. The molecule has 1 amide bonds. The number of hydrogen-bond acceptors (Lipinski definition) is 4. The molecule has 0 radical (unpaired) electrons. The Morgan fingerprint density at radius 3 is 2.85 bits per heavy atom. The Labute approximate surface area is 116 Å². The first-order valence-electron chi connectivity index (χ1n) is 6.94. The number of halogens is 1. The molecule has 1 saturated carbocycles. The summed E-state index contributed by atoms with van der Waals surface area (Å²) in [6.45, 7) is -0.602. The van der Waals surface area contributed by atoms with Crippen molar-refractivity contribution < 1.29 is 13.9 Å². The molecule has 0 saturated heterocycles. The summed E-state index contributed by atoms with van der Waals surface area (Å²) in [4.78, 5) is 18.0. The number of aromatic nitrogens is 1. The van der Waals surface area contributed by atoms with Crippen LogP contribution < -0.4 is 15.4 Å². The Balaban J connectivity index is 1.92. The maximum absolute atomic E-state index is 12.8. The first kappa shape index (κ1) is 13.3. The van der Waals surface area contributed by atoms with E-state index >= 15 is 0 Å². The fraction of sp³-hybridized carbons (Fsp3) is 0.571.